The van der Waals surface area contributed by atoms with E-state index >= 15 is 0 Å². The summed E-state index contributed by atoms with van der Waals surface area (Å²) in [5.41, 5.74) is 0.623. The highest BCUT2D eigenvalue weighted by Gasteiger charge is 2.24. The highest BCUT2D eigenvalue weighted by Crippen LogP contribution is 2.23. The van der Waals surface area contributed by atoms with Crippen LogP contribution in [0.2, 0.25) is 0 Å². The largest absolute Gasteiger partial charge is 0.481 e. The lowest BCUT2D eigenvalue weighted by atomic mass is 9.91. The Labute approximate surface area is 70.2 Å². The summed E-state index contributed by atoms with van der Waals surface area (Å²) in [6.45, 7) is 3.71. The Morgan fingerprint density at radius 3 is 2.67 bits per heavy atom. The van der Waals surface area contributed by atoms with Gasteiger partial charge < -0.3 is 9.63 Å². The Kier molecular flexibility index (Phi) is 2.47. The van der Waals surface area contributed by atoms with Crippen molar-refractivity contribution in [3.63, 3.8) is 0 Å². The van der Waals surface area contributed by atoms with E-state index in [4.69, 9.17) is 5.11 Å². The molecule has 0 amide bonds. The van der Waals surface area contributed by atoms with E-state index in [1.807, 2.05) is 13.8 Å². The summed E-state index contributed by atoms with van der Waals surface area (Å²) in [4.78, 5) is 10.8. The number of aliphatic carboxylic acids is 1. The molecule has 1 aromatic rings. The van der Waals surface area contributed by atoms with Crippen molar-refractivity contribution in [1.29, 1.82) is 0 Å². The lowest BCUT2D eigenvalue weighted by Gasteiger charge is -2.12. The first-order chi connectivity index (χ1) is 5.63. The molecule has 0 saturated heterocycles. The van der Waals surface area contributed by atoms with Crippen LogP contribution in [0.3, 0.4) is 0 Å². The molecule has 1 aromatic heterocycles. The minimum absolute atomic E-state index is 0.0434. The number of carbonyl (C=O) groups is 1. The zero-order valence-corrected chi connectivity index (χ0v) is 7.02. The molecule has 12 heavy (non-hydrogen) atoms. The normalized spacial score (nSPS) is 13.2. The highest BCUT2D eigenvalue weighted by molar-refractivity contribution is 5.76. The lowest BCUT2D eigenvalue weighted by molar-refractivity contribution is -0.139. The molecule has 0 spiro atoms. The molecule has 66 valence electrons. The fraction of sp³-hybridized carbons (Fsp3) is 0.500. The molecule has 0 fully saturated rings. The number of carboxylic acids is 1. The van der Waals surface area contributed by atoms with Crippen molar-refractivity contribution in [3.05, 3.63) is 18.0 Å². The second-order valence-corrected chi connectivity index (χ2v) is 3.02. The van der Waals surface area contributed by atoms with E-state index in [1.165, 1.54) is 12.5 Å². The molecule has 0 aliphatic rings. The molecule has 1 atom stereocenters. The molecule has 4 heteroatoms. The van der Waals surface area contributed by atoms with Gasteiger partial charge in [-0.1, -0.05) is 19.0 Å². The molecule has 1 rings (SSSR count). The second kappa shape index (κ2) is 3.38. The van der Waals surface area contributed by atoms with Crippen molar-refractivity contribution < 1.29 is 14.4 Å². The summed E-state index contributed by atoms with van der Waals surface area (Å²) in [5, 5.41) is 12.3. The molecule has 0 bridgehead atoms. The van der Waals surface area contributed by atoms with Gasteiger partial charge >= 0.3 is 5.97 Å². The van der Waals surface area contributed by atoms with Gasteiger partial charge in [0.25, 0.3) is 0 Å². The Morgan fingerprint density at radius 2 is 2.33 bits per heavy atom. The van der Waals surface area contributed by atoms with Crippen LogP contribution in [-0.2, 0) is 4.79 Å². The number of hydrogen-bond donors (Lipinski definition) is 1. The van der Waals surface area contributed by atoms with Crippen LogP contribution in [0.1, 0.15) is 25.3 Å². The molecule has 1 N–H and O–H groups in total. The second-order valence-electron chi connectivity index (χ2n) is 3.02. The summed E-state index contributed by atoms with van der Waals surface area (Å²) in [6.07, 6.45) is 2.82. The van der Waals surface area contributed by atoms with E-state index in [9.17, 15) is 4.79 Å². The van der Waals surface area contributed by atoms with Gasteiger partial charge in [0.05, 0.1) is 12.1 Å². The van der Waals surface area contributed by atoms with Gasteiger partial charge in [-0.15, -0.1) is 0 Å². The molecule has 0 aromatic carbocycles. The van der Waals surface area contributed by atoms with Crippen LogP contribution in [-0.4, -0.2) is 16.2 Å². The van der Waals surface area contributed by atoms with Gasteiger partial charge in [-0.2, -0.15) is 0 Å². The standard InChI is InChI=1S/C8H11NO3/c1-5(2)7(8(10)11)6-3-9-12-4-6/h3-5,7H,1-2H3,(H,10,11). The van der Waals surface area contributed by atoms with Crippen molar-refractivity contribution in [2.75, 3.05) is 0 Å². The average molecular weight is 169 g/mol. The summed E-state index contributed by atoms with van der Waals surface area (Å²) in [5.74, 6) is -1.31. The highest BCUT2D eigenvalue weighted by atomic mass is 16.5. The topological polar surface area (TPSA) is 63.3 Å². The van der Waals surface area contributed by atoms with E-state index in [1.54, 1.807) is 0 Å². The minimum atomic E-state index is -0.840. The number of nitrogens with zero attached hydrogens (tertiary/aromatic N) is 1. The molecule has 1 unspecified atom stereocenters. The molecule has 1 heterocycles. The third-order valence-electron chi connectivity index (χ3n) is 1.74. The van der Waals surface area contributed by atoms with Crippen molar-refractivity contribution in [2.24, 2.45) is 5.92 Å². The zero-order chi connectivity index (χ0) is 9.14. The first-order valence-electron chi connectivity index (χ1n) is 3.75. The maximum atomic E-state index is 10.8. The summed E-state index contributed by atoms with van der Waals surface area (Å²) < 4.78 is 4.58. The van der Waals surface area contributed by atoms with Crippen LogP contribution >= 0.6 is 0 Å². The van der Waals surface area contributed by atoms with E-state index in [0.29, 0.717) is 5.56 Å². The van der Waals surface area contributed by atoms with Crippen molar-refractivity contribution in [2.45, 2.75) is 19.8 Å². The van der Waals surface area contributed by atoms with Gasteiger partial charge in [0.2, 0.25) is 0 Å². The third kappa shape index (κ3) is 1.64. The fourth-order valence-corrected chi connectivity index (χ4v) is 1.18. The first kappa shape index (κ1) is 8.77. The van der Waals surface area contributed by atoms with Crippen LogP contribution in [0.25, 0.3) is 0 Å². The Hall–Kier alpha value is -1.32. The molecule has 4 nitrogen and oxygen atoms in total. The average Bonchev–Trinajstić information content (AvgIpc) is 2.37. The Balaban J connectivity index is 2.88. The molecular weight excluding hydrogens is 158 g/mol. The maximum Gasteiger partial charge on any atom is 0.311 e. The van der Waals surface area contributed by atoms with Crippen molar-refractivity contribution in [3.8, 4) is 0 Å². The lowest BCUT2D eigenvalue weighted by Crippen LogP contribution is -2.16. The van der Waals surface area contributed by atoms with Crippen molar-refractivity contribution in [1.82, 2.24) is 5.16 Å². The number of rotatable bonds is 3. The minimum Gasteiger partial charge on any atom is -0.481 e. The molecule has 0 aliphatic heterocycles. The Bertz CT molecular complexity index is 253. The van der Waals surface area contributed by atoms with Gasteiger partial charge in [0, 0.05) is 5.56 Å². The van der Waals surface area contributed by atoms with Crippen LogP contribution in [0.15, 0.2) is 17.0 Å². The van der Waals surface area contributed by atoms with Gasteiger partial charge in [-0.05, 0) is 5.92 Å². The zero-order valence-electron chi connectivity index (χ0n) is 7.02. The van der Waals surface area contributed by atoms with Gasteiger partial charge in [-0.25, -0.2) is 0 Å². The molecule has 0 saturated carbocycles. The summed E-state index contributed by atoms with van der Waals surface area (Å²) in [7, 11) is 0. The van der Waals surface area contributed by atoms with E-state index < -0.39 is 11.9 Å². The van der Waals surface area contributed by atoms with Crippen LogP contribution < -0.4 is 0 Å². The number of carboxylic acid groups (broad SMARTS) is 1. The van der Waals surface area contributed by atoms with Gasteiger partial charge in [-0.3, -0.25) is 4.79 Å². The molecular formula is C8H11NO3. The van der Waals surface area contributed by atoms with Crippen LogP contribution in [0, 0.1) is 5.92 Å². The SMILES string of the molecule is CC(C)C(C(=O)O)c1cnoc1. The molecule has 0 radical (unpaired) electrons. The Morgan fingerprint density at radius 1 is 1.67 bits per heavy atom. The van der Waals surface area contributed by atoms with E-state index in [0.717, 1.165) is 0 Å². The maximum absolute atomic E-state index is 10.8. The molecule has 0 aliphatic carbocycles. The predicted molar refractivity (Wildman–Crippen MR) is 41.7 cm³/mol. The van der Waals surface area contributed by atoms with E-state index in [2.05, 4.69) is 9.68 Å². The number of hydrogen-bond acceptors (Lipinski definition) is 3. The van der Waals surface area contributed by atoms with Crippen molar-refractivity contribution >= 4 is 5.97 Å². The third-order valence-corrected chi connectivity index (χ3v) is 1.74. The number of aromatic nitrogens is 1. The van der Waals surface area contributed by atoms with E-state index in [-0.39, 0.29) is 5.92 Å². The smallest absolute Gasteiger partial charge is 0.311 e. The predicted octanol–water partition coefficient (Wildman–Crippen LogP) is 1.50. The monoisotopic (exact) mass is 169 g/mol. The van der Waals surface area contributed by atoms with Crippen LogP contribution in [0.5, 0.6) is 0 Å². The van der Waals surface area contributed by atoms with Gasteiger partial charge in [0.15, 0.2) is 0 Å². The summed E-state index contributed by atoms with van der Waals surface area (Å²) >= 11 is 0. The van der Waals surface area contributed by atoms with Gasteiger partial charge in [0.1, 0.15) is 6.26 Å². The fourth-order valence-electron chi connectivity index (χ4n) is 1.18. The van der Waals surface area contributed by atoms with Crippen LogP contribution in [0.4, 0.5) is 0 Å². The first-order valence-corrected chi connectivity index (χ1v) is 3.75. The quantitative estimate of drug-likeness (QED) is 0.744. The summed E-state index contributed by atoms with van der Waals surface area (Å²) in [6, 6.07) is 0.